The number of halogens is 1. The summed E-state index contributed by atoms with van der Waals surface area (Å²) in [5, 5.41) is 14.6. The molecule has 1 aromatic heterocycles. The minimum Gasteiger partial charge on any atom is -0.480 e. The summed E-state index contributed by atoms with van der Waals surface area (Å²) in [5.41, 5.74) is 2.14. The standard InChI is InChI=1S/C16H17FN4O2/c1-9-6-11(4-5-12(9)17)19-14-7-13(10-2-3-10)20-16(21-14)18-8-15(22)23/h4-7,10H,2-3,8H2,1H3,(H,22,23)(H2,18,19,20,21). The van der Waals surface area contributed by atoms with Crippen LogP contribution in [-0.2, 0) is 4.79 Å². The molecular weight excluding hydrogens is 299 g/mol. The summed E-state index contributed by atoms with van der Waals surface area (Å²) in [6.45, 7) is 1.44. The maximum atomic E-state index is 13.3. The first-order chi connectivity index (χ1) is 11.0. The van der Waals surface area contributed by atoms with Gasteiger partial charge in [0.25, 0.3) is 0 Å². The van der Waals surface area contributed by atoms with Crippen LogP contribution in [0.5, 0.6) is 0 Å². The average Bonchev–Trinajstić information content (AvgIpc) is 3.33. The minimum atomic E-state index is -0.978. The largest absolute Gasteiger partial charge is 0.480 e. The van der Waals surface area contributed by atoms with E-state index in [1.165, 1.54) is 6.07 Å². The van der Waals surface area contributed by atoms with Gasteiger partial charge >= 0.3 is 5.97 Å². The first-order valence-corrected chi connectivity index (χ1v) is 7.39. The molecule has 0 unspecified atom stereocenters. The van der Waals surface area contributed by atoms with E-state index in [0.717, 1.165) is 18.5 Å². The number of hydrogen-bond acceptors (Lipinski definition) is 5. The monoisotopic (exact) mass is 316 g/mol. The number of aromatic nitrogens is 2. The van der Waals surface area contributed by atoms with E-state index in [1.807, 2.05) is 6.07 Å². The van der Waals surface area contributed by atoms with Gasteiger partial charge in [-0.05, 0) is 43.5 Å². The Balaban J connectivity index is 1.84. The third-order valence-electron chi connectivity index (χ3n) is 3.57. The van der Waals surface area contributed by atoms with Crippen molar-refractivity contribution in [3.63, 3.8) is 0 Å². The van der Waals surface area contributed by atoms with Crippen molar-refractivity contribution in [2.75, 3.05) is 17.2 Å². The lowest BCUT2D eigenvalue weighted by atomic mass is 10.2. The number of aliphatic carboxylic acids is 1. The van der Waals surface area contributed by atoms with Gasteiger partial charge in [-0.25, -0.2) is 9.37 Å². The first kappa shape index (κ1) is 15.2. The molecule has 0 saturated heterocycles. The summed E-state index contributed by atoms with van der Waals surface area (Å²) in [4.78, 5) is 19.3. The summed E-state index contributed by atoms with van der Waals surface area (Å²) in [6, 6.07) is 6.57. The fourth-order valence-electron chi connectivity index (χ4n) is 2.22. The van der Waals surface area contributed by atoms with Crippen LogP contribution in [0.15, 0.2) is 24.3 Å². The zero-order chi connectivity index (χ0) is 16.4. The molecule has 1 aliphatic carbocycles. The number of nitrogens with one attached hydrogen (secondary N) is 2. The molecule has 0 radical (unpaired) electrons. The second-order valence-corrected chi connectivity index (χ2v) is 5.61. The van der Waals surface area contributed by atoms with Crippen LogP contribution in [-0.4, -0.2) is 27.6 Å². The SMILES string of the molecule is Cc1cc(Nc2cc(C3CC3)nc(NCC(=O)O)n2)ccc1F. The smallest absolute Gasteiger partial charge is 0.322 e. The second-order valence-electron chi connectivity index (χ2n) is 5.61. The van der Waals surface area contributed by atoms with E-state index in [4.69, 9.17) is 5.11 Å². The molecule has 0 bridgehead atoms. The number of benzene rings is 1. The summed E-state index contributed by atoms with van der Waals surface area (Å²) in [6.07, 6.45) is 2.15. The number of rotatable bonds is 6. The van der Waals surface area contributed by atoms with Crippen molar-refractivity contribution in [1.82, 2.24) is 9.97 Å². The predicted octanol–water partition coefficient (Wildman–Crippen LogP) is 3.04. The molecule has 7 heteroatoms. The van der Waals surface area contributed by atoms with Gasteiger partial charge in [0.1, 0.15) is 18.2 Å². The van der Waals surface area contributed by atoms with E-state index in [1.54, 1.807) is 19.1 Å². The van der Waals surface area contributed by atoms with E-state index >= 15 is 0 Å². The summed E-state index contributed by atoms with van der Waals surface area (Å²) in [7, 11) is 0. The molecule has 120 valence electrons. The molecular formula is C16H17FN4O2. The Hall–Kier alpha value is -2.70. The molecule has 3 N–H and O–H groups in total. The lowest BCUT2D eigenvalue weighted by molar-refractivity contribution is -0.134. The number of hydrogen-bond donors (Lipinski definition) is 3. The Morgan fingerprint density at radius 3 is 2.78 bits per heavy atom. The quantitative estimate of drug-likeness (QED) is 0.759. The number of anilines is 3. The molecule has 1 saturated carbocycles. The molecule has 23 heavy (non-hydrogen) atoms. The van der Waals surface area contributed by atoms with Crippen LogP contribution in [0.2, 0.25) is 0 Å². The van der Waals surface area contributed by atoms with Crippen LogP contribution < -0.4 is 10.6 Å². The number of nitrogens with zero attached hydrogens (tertiary/aromatic N) is 2. The third kappa shape index (κ3) is 3.94. The van der Waals surface area contributed by atoms with Gasteiger partial charge < -0.3 is 15.7 Å². The summed E-state index contributed by atoms with van der Waals surface area (Å²) < 4.78 is 13.3. The highest BCUT2D eigenvalue weighted by Crippen LogP contribution is 2.40. The summed E-state index contributed by atoms with van der Waals surface area (Å²) >= 11 is 0. The van der Waals surface area contributed by atoms with Gasteiger partial charge in [-0.3, -0.25) is 4.79 Å². The lowest BCUT2D eigenvalue weighted by Gasteiger charge is -2.11. The molecule has 1 aromatic carbocycles. The highest BCUT2D eigenvalue weighted by molar-refractivity contribution is 5.72. The zero-order valence-electron chi connectivity index (χ0n) is 12.6. The van der Waals surface area contributed by atoms with Gasteiger partial charge in [0.2, 0.25) is 5.95 Å². The summed E-state index contributed by atoms with van der Waals surface area (Å²) in [5.74, 6) is -0.00683. The van der Waals surface area contributed by atoms with Gasteiger partial charge in [-0.2, -0.15) is 4.98 Å². The predicted molar refractivity (Wildman–Crippen MR) is 84.6 cm³/mol. The van der Waals surface area contributed by atoms with Crippen LogP contribution in [0.4, 0.5) is 21.8 Å². The number of carbonyl (C=O) groups is 1. The molecule has 1 aliphatic rings. The maximum Gasteiger partial charge on any atom is 0.322 e. The van der Waals surface area contributed by atoms with Crippen molar-refractivity contribution >= 4 is 23.4 Å². The van der Waals surface area contributed by atoms with E-state index in [-0.39, 0.29) is 18.3 Å². The Morgan fingerprint density at radius 1 is 1.35 bits per heavy atom. The van der Waals surface area contributed by atoms with Crippen LogP contribution in [0.1, 0.15) is 30.0 Å². The Kier molecular flexibility index (Phi) is 4.10. The number of carboxylic acids is 1. The Bertz CT molecular complexity index is 747. The molecule has 0 atom stereocenters. The van der Waals surface area contributed by atoms with E-state index in [0.29, 0.717) is 23.0 Å². The van der Waals surface area contributed by atoms with Crippen molar-refractivity contribution < 1.29 is 14.3 Å². The maximum absolute atomic E-state index is 13.3. The van der Waals surface area contributed by atoms with Crippen molar-refractivity contribution in [3.8, 4) is 0 Å². The molecule has 6 nitrogen and oxygen atoms in total. The van der Waals surface area contributed by atoms with Gasteiger partial charge in [0, 0.05) is 17.7 Å². The van der Waals surface area contributed by atoms with Crippen molar-refractivity contribution in [2.45, 2.75) is 25.7 Å². The van der Waals surface area contributed by atoms with Crippen LogP contribution >= 0.6 is 0 Å². The Labute approximate surface area is 132 Å². The highest BCUT2D eigenvalue weighted by atomic mass is 19.1. The van der Waals surface area contributed by atoms with Crippen molar-refractivity contribution in [3.05, 3.63) is 41.3 Å². The highest BCUT2D eigenvalue weighted by Gasteiger charge is 2.26. The normalized spacial score (nSPS) is 13.7. The molecule has 0 spiro atoms. The second kappa shape index (κ2) is 6.20. The molecule has 1 fully saturated rings. The van der Waals surface area contributed by atoms with E-state index in [9.17, 15) is 9.18 Å². The molecule has 1 heterocycles. The van der Waals surface area contributed by atoms with Gasteiger partial charge in [-0.1, -0.05) is 0 Å². The van der Waals surface area contributed by atoms with E-state index < -0.39 is 5.97 Å². The fourth-order valence-corrected chi connectivity index (χ4v) is 2.22. The van der Waals surface area contributed by atoms with Crippen molar-refractivity contribution in [1.29, 1.82) is 0 Å². The zero-order valence-corrected chi connectivity index (χ0v) is 12.6. The topological polar surface area (TPSA) is 87.1 Å². The van der Waals surface area contributed by atoms with Crippen molar-refractivity contribution in [2.24, 2.45) is 0 Å². The van der Waals surface area contributed by atoms with E-state index in [2.05, 4.69) is 20.6 Å². The Morgan fingerprint density at radius 2 is 2.13 bits per heavy atom. The van der Waals surface area contributed by atoms with Crippen LogP contribution in [0.3, 0.4) is 0 Å². The minimum absolute atomic E-state index is 0.247. The number of aryl methyl sites for hydroxylation is 1. The lowest BCUT2D eigenvalue weighted by Crippen LogP contribution is -2.15. The average molecular weight is 316 g/mol. The molecule has 0 aliphatic heterocycles. The fraction of sp³-hybridized carbons (Fsp3) is 0.312. The van der Waals surface area contributed by atoms with Crippen LogP contribution in [0, 0.1) is 12.7 Å². The first-order valence-electron chi connectivity index (χ1n) is 7.39. The molecule has 0 amide bonds. The van der Waals surface area contributed by atoms with Crippen LogP contribution in [0.25, 0.3) is 0 Å². The van der Waals surface area contributed by atoms with Gasteiger partial charge in [0.05, 0.1) is 5.69 Å². The molecule has 2 aromatic rings. The van der Waals surface area contributed by atoms with Gasteiger partial charge in [0.15, 0.2) is 0 Å². The third-order valence-corrected chi connectivity index (χ3v) is 3.57. The molecule has 3 rings (SSSR count). The van der Waals surface area contributed by atoms with Gasteiger partial charge in [-0.15, -0.1) is 0 Å². The number of carboxylic acid groups (broad SMARTS) is 1.